The van der Waals surface area contributed by atoms with Crippen LogP contribution in [0.25, 0.3) is 10.9 Å². The van der Waals surface area contributed by atoms with Crippen molar-refractivity contribution < 1.29 is 27.4 Å². The number of nitrogens with zero attached hydrogens (tertiary/aromatic N) is 2. The summed E-state index contributed by atoms with van der Waals surface area (Å²) in [5.41, 5.74) is 0.657. The Kier molecular flexibility index (Phi) is 9.54. The van der Waals surface area contributed by atoms with Gasteiger partial charge in [0.1, 0.15) is 23.2 Å². The molecule has 204 valence electrons. The van der Waals surface area contributed by atoms with Crippen LogP contribution in [0.1, 0.15) is 38.2 Å². The third kappa shape index (κ3) is 6.61. The Bertz CT molecular complexity index is 1270. The first-order valence-corrected chi connectivity index (χ1v) is 13.9. The number of methoxy groups -OCH3 is 1. The minimum atomic E-state index is -0.620. The Morgan fingerprint density at radius 1 is 1.11 bits per heavy atom. The Labute approximate surface area is 225 Å². The number of halogens is 3. The molecular formula is C29H33F3N2O3S. The minimum Gasteiger partial charge on any atom is -0.497 e. The van der Waals surface area contributed by atoms with Crippen LogP contribution in [-0.4, -0.2) is 55.0 Å². The van der Waals surface area contributed by atoms with Gasteiger partial charge in [-0.15, -0.1) is 11.8 Å². The monoisotopic (exact) mass is 546 g/mol. The van der Waals surface area contributed by atoms with Crippen LogP contribution in [0.5, 0.6) is 5.75 Å². The summed E-state index contributed by atoms with van der Waals surface area (Å²) in [7, 11) is 1.57. The number of ether oxygens (including phenoxy) is 2. The Morgan fingerprint density at radius 3 is 2.63 bits per heavy atom. The normalized spacial score (nSPS) is 15.5. The van der Waals surface area contributed by atoms with Gasteiger partial charge < -0.3 is 14.4 Å². The fourth-order valence-corrected chi connectivity index (χ4v) is 6.08. The summed E-state index contributed by atoms with van der Waals surface area (Å²) in [6.45, 7) is 4.22. The topological polar surface area (TPSA) is 51.7 Å². The van der Waals surface area contributed by atoms with Crippen LogP contribution >= 0.6 is 11.8 Å². The molecule has 1 saturated heterocycles. The van der Waals surface area contributed by atoms with Gasteiger partial charge in [-0.3, -0.25) is 9.78 Å². The van der Waals surface area contributed by atoms with Crippen LogP contribution in [0.15, 0.2) is 47.5 Å². The molecule has 1 aromatic heterocycles. The van der Waals surface area contributed by atoms with Gasteiger partial charge in [-0.25, -0.2) is 13.2 Å². The van der Waals surface area contributed by atoms with Crippen molar-refractivity contribution in [3.8, 4) is 5.75 Å². The number of esters is 1. The molecule has 0 radical (unpaired) electrons. The van der Waals surface area contributed by atoms with E-state index in [1.54, 1.807) is 26.2 Å². The molecule has 0 atom stereocenters. The lowest BCUT2D eigenvalue weighted by atomic mass is 9.74. The van der Waals surface area contributed by atoms with E-state index in [1.807, 2.05) is 6.07 Å². The second-order valence-electron chi connectivity index (χ2n) is 9.59. The molecule has 9 heteroatoms. The number of rotatable bonds is 11. The maximum Gasteiger partial charge on any atom is 0.312 e. The summed E-state index contributed by atoms with van der Waals surface area (Å²) in [5, 5.41) is 0.719. The number of likely N-dealkylation sites (tertiary alicyclic amines) is 1. The van der Waals surface area contributed by atoms with E-state index in [0.29, 0.717) is 85.8 Å². The van der Waals surface area contributed by atoms with Gasteiger partial charge in [0, 0.05) is 22.6 Å². The van der Waals surface area contributed by atoms with E-state index in [4.69, 9.17) is 9.47 Å². The predicted molar refractivity (Wildman–Crippen MR) is 143 cm³/mol. The predicted octanol–water partition coefficient (Wildman–Crippen LogP) is 6.42. The highest BCUT2D eigenvalue weighted by Gasteiger charge is 2.42. The van der Waals surface area contributed by atoms with Crippen molar-refractivity contribution >= 4 is 28.6 Å². The quantitative estimate of drug-likeness (QED) is 0.204. The van der Waals surface area contributed by atoms with E-state index in [2.05, 4.69) is 9.88 Å². The maximum atomic E-state index is 14.8. The molecule has 38 heavy (non-hydrogen) atoms. The highest BCUT2D eigenvalue weighted by molar-refractivity contribution is 7.99. The number of hydrogen-bond acceptors (Lipinski definition) is 6. The first-order valence-electron chi connectivity index (χ1n) is 12.9. The van der Waals surface area contributed by atoms with Gasteiger partial charge in [0.15, 0.2) is 0 Å². The van der Waals surface area contributed by atoms with Crippen molar-refractivity contribution in [3.63, 3.8) is 0 Å². The van der Waals surface area contributed by atoms with Crippen LogP contribution in [0.3, 0.4) is 0 Å². The number of pyridine rings is 1. The number of aromatic nitrogens is 1. The highest BCUT2D eigenvalue weighted by atomic mass is 32.2. The molecule has 0 N–H and O–H groups in total. The van der Waals surface area contributed by atoms with Crippen molar-refractivity contribution in [1.82, 2.24) is 9.88 Å². The number of carbonyl (C=O) groups is 1. The molecule has 2 heterocycles. The van der Waals surface area contributed by atoms with E-state index in [-0.39, 0.29) is 11.8 Å². The lowest BCUT2D eigenvalue weighted by molar-refractivity contribution is -0.159. The van der Waals surface area contributed by atoms with E-state index >= 15 is 0 Å². The molecule has 0 saturated carbocycles. The minimum absolute atomic E-state index is 0.197. The standard InChI is InChI=1S/C29H33F3N2O3S/c1-3-37-28(35)29(10-4-5-22-23-18-21(36-2)7-9-26(23)33-19-25(22)32)11-13-34(14-12-29)15-16-38-27-17-20(30)6-8-24(27)31/h6-9,17-19H,3-5,10-16H2,1-2H3. The first kappa shape index (κ1) is 28.2. The highest BCUT2D eigenvalue weighted by Crippen LogP contribution is 2.39. The fourth-order valence-electron chi connectivity index (χ4n) is 5.10. The second kappa shape index (κ2) is 12.8. The van der Waals surface area contributed by atoms with Crippen LogP contribution in [0, 0.1) is 22.9 Å². The molecule has 0 unspecified atom stereocenters. The Morgan fingerprint density at radius 2 is 1.89 bits per heavy atom. The zero-order valence-corrected chi connectivity index (χ0v) is 22.6. The average molecular weight is 547 g/mol. The molecule has 5 nitrogen and oxygen atoms in total. The lowest BCUT2D eigenvalue weighted by Gasteiger charge is -2.40. The third-order valence-corrected chi connectivity index (χ3v) is 8.31. The van der Waals surface area contributed by atoms with Crippen molar-refractivity contribution in [1.29, 1.82) is 0 Å². The van der Waals surface area contributed by atoms with Gasteiger partial charge in [-0.2, -0.15) is 0 Å². The number of carbonyl (C=O) groups excluding carboxylic acids is 1. The largest absolute Gasteiger partial charge is 0.497 e. The molecule has 3 aromatic rings. The van der Waals surface area contributed by atoms with Gasteiger partial charge in [-0.1, -0.05) is 0 Å². The lowest BCUT2D eigenvalue weighted by Crippen LogP contribution is -2.45. The molecule has 0 bridgehead atoms. The molecule has 4 rings (SSSR count). The van der Waals surface area contributed by atoms with Crippen LogP contribution in [-0.2, 0) is 16.0 Å². The van der Waals surface area contributed by atoms with Crippen LogP contribution in [0.2, 0.25) is 0 Å². The summed E-state index contributed by atoms with van der Waals surface area (Å²) in [4.78, 5) is 19.8. The van der Waals surface area contributed by atoms with Gasteiger partial charge in [0.25, 0.3) is 0 Å². The van der Waals surface area contributed by atoms with E-state index < -0.39 is 17.0 Å². The Balaban J connectivity index is 1.37. The van der Waals surface area contributed by atoms with Gasteiger partial charge in [-0.05, 0) is 94.1 Å². The van der Waals surface area contributed by atoms with E-state index in [9.17, 15) is 18.0 Å². The number of piperidine rings is 1. The summed E-state index contributed by atoms with van der Waals surface area (Å²) in [6, 6.07) is 8.88. The molecule has 0 spiro atoms. The van der Waals surface area contributed by atoms with Gasteiger partial charge in [0.05, 0.1) is 30.8 Å². The molecule has 0 amide bonds. The molecule has 2 aromatic carbocycles. The van der Waals surface area contributed by atoms with Crippen LogP contribution in [0.4, 0.5) is 13.2 Å². The Hall–Kier alpha value is -2.78. The van der Waals surface area contributed by atoms with Crippen molar-refractivity contribution in [3.05, 3.63) is 65.6 Å². The van der Waals surface area contributed by atoms with E-state index in [0.717, 1.165) is 17.5 Å². The first-order chi connectivity index (χ1) is 18.3. The molecular weight excluding hydrogens is 513 g/mol. The van der Waals surface area contributed by atoms with Gasteiger partial charge >= 0.3 is 5.97 Å². The summed E-state index contributed by atoms with van der Waals surface area (Å²) in [6.07, 6.45) is 4.21. The van der Waals surface area contributed by atoms with Crippen LogP contribution < -0.4 is 4.74 Å². The number of aryl methyl sites for hydroxylation is 1. The number of thioether (sulfide) groups is 1. The zero-order chi connectivity index (χ0) is 27.1. The number of benzene rings is 2. The number of fused-ring (bicyclic) bond motifs is 1. The summed E-state index contributed by atoms with van der Waals surface area (Å²) in [5.74, 6) is -0.182. The van der Waals surface area contributed by atoms with Crippen molar-refractivity contribution in [2.24, 2.45) is 5.41 Å². The maximum absolute atomic E-state index is 14.8. The third-order valence-electron chi connectivity index (χ3n) is 7.30. The smallest absolute Gasteiger partial charge is 0.312 e. The number of hydrogen-bond donors (Lipinski definition) is 0. The molecule has 0 aliphatic carbocycles. The fraction of sp³-hybridized carbons (Fsp3) is 0.448. The van der Waals surface area contributed by atoms with E-state index in [1.165, 1.54) is 24.0 Å². The summed E-state index contributed by atoms with van der Waals surface area (Å²) < 4.78 is 52.9. The van der Waals surface area contributed by atoms with Crippen molar-refractivity contribution in [2.75, 3.05) is 39.1 Å². The molecule has 1 aliphatic heterocycles. The van der Waals surface area contributed by atoms with Crippen molar-refractivity contribution in [2.45, 2.75) is 43.9 Å². The average Bonchev–Trinajstić information content (AvgIpc) is 2.92. The molecule has 1 aliphatic rings. The second-order valence-corrected chi connectivity index (χ2v) is 10.7. The van der Waals surface area contributed by atoms with Gasteiger partial charge in [0.2, 0.25) is 0 Å². The zero-order valence-electron chi connectivity index (χ0n) is 21.8. The summed E-state index contributed by atoms with van der Waals surface area (Å²) >= 11 is 1.29. The SMILES string of the molecule is CCOC(=O)C1(CCCc2c(F)cnc3ccc(OC)cc23)CCN(CCSc2cc(F)ccc2F)CC1. The molecule has 1 fully saturated rings.